The Kier molecular flexibility index (Phi) is 3.10. The van der Waals surface area contributed by atoms with Gasteiger partial charge in [0.2, 0.25) is 5.91 Å². The Hall–Kier alpha value is -2.37. The number of H-pyrrole nitrogens is 1. The van der Waals surface area contributed by atoms with Crippen molar-refractivity contribution in [1.82, 2.24) is 14.8 Å². The van der Waals surface area contributed by atoms with E-state index in [1.54, 1.807) is 12.4 Å². The molecule has 2 N–H and O–H groups in total. The highest BCUT2D eigenvalue weighted by atomic mass is 16.2. The second-order valence-electron chi connectivity index (χ2n) is 6.10. The number of amides is 1. The molecular formula is C16H18N4O2. The molecule has 22 heavy (non-hydrogen) atoms. The van der Waals surface area contributed by atoms with Crippen LogP contribution in [0.5, 0.6) is 0 Å². The number of aromatic amines is 1. The third kappa shape index (κ3) is 2.06. The molecule has 2 aliphatic rings. The molecule has 1 aliphatic carbocycles. The van der Waals surface area contributed by atoms with Crippen LogP contribution in [0, 0.1) is 0 Å². The highest BCUT2D eigenvalue weighted by Crippen LogP contribution is 2.38. The molecule has 3 heterocycles. The molecule has 0 spiro atoms. The number of carbonyl (C=O) groups excluding carboxylic acids is 1. The summed E-state index contributed by atoms with van der Waals surface area (Å²) >= 11 is 0. The molecule has 0 radical (unpaired) electrons. The maximum absolute atomic E-state index is 12.5. The SMILES string of the molecule is O=C1CC(c2cccnc2)c2c(n(C3CCCC3)[nH]c2=O)N1. The summed E-state index contributed by atoms with van der Waals surface area (Å²) < 4.78 is 1.88. The Labute approximate surface area is 127 Å². The molecule has 1 aliphatic heterocycles. The van der Waals surface area contributed by atoms with E-state index in [9.17, 15) is 9.59 Å². The highest BCUT2D eigenvalue weighted by molar-refractivity contribution is 5.94. The van der Waals surface area contributed by atoms with Crippen molar-refractivity contribution in [2.24, 2.45) is 0 Å². The lowest BCUT2D eigenvalue weighted by Gasteiger charge is -2.24. The molecule has 6 nitrogen and oxygen atoms in total. The van der Waals surface area contributed by atoms with Crippen LogP contribution < -0.4 is 10.9 Å². The summed E-state index contributed by atoms with van der Waals surface area (Å²) in [5.41, 5.74) is 1.48. The number of carbonyl (C=O) groups is 1. The van der Waals surface area contributed by atoms with Crippen molar-refractivity contribution in [3.8, 4) is 0 Å². The molecule has 1 unspecified atom stereocenters. The van der Waals surface area contributed by atoms with Gasteiger partial charge in [0.1, 0.15) is 5.82 Å². The third-order valence-corrected chi connectivity index (χ3v) is 4.74. The van der Waals surface area contributed by atoms with E-state index in [1.165, 1.54) is 12.8 Å². The molecule has 1 atom stereocenters. The molecule has 1 fully saturated rings. The van der Waals surface area contributed by atoms with Crippen LogP contribution in [0.1, 0.15) is 55.2 Å². The highest BCUT2D eigenvalue weighted by Gasteiger charge is 2.34. The van der Waals surface area contributed by atoms with Crippen molar-refractivity contribution in [3.05, 3.63) is 46.0 Å². The molecule has 114 valence electrons. The van der Waals surface area contributed by atoms with Gasteiger partial charge in [-0.05, 0) is 24.5 Å². The van der Waals surface area contributed by atoms with Crippen LogP contribution in [0.25, 0.3) is 0 Å². The van der Waals surface area contributed by atoms with Crippen LogP contribution in [-0.2, 0) is 4.79 Å². The van der Waals surface area contributed by atoms with Crippen molar-refractivity contribution in [3.63, 3.8) is 0 Å². The molecule has 1 amide bonds. The lowest BCUT2D eigenvalue weighted by atomic mass is 9.88. The number of anilines is 1. The van der Waals surface area contributed by atoms with Gasteiger partial charge in [-0.1, -0.05) is 18.9 Å². The Morgan fingerprint density at radius 2 is 2.05 bits per heavy atom. The smallest absolute Gasteiger partial charge is 0.270 e. The van der Waals surface area contributed by atoms with Crippen LogP contribution in [0.15, 0.2) is 29.3 Å². The van der Waals surface area contributed by atoms with Gasteiger partial charge in [-0.25, -0.2) is 0 Å². The fraction of sp³-hybridized carbons (Fsp3) is 0.438. The molecule has 0 aromatic carbocycles. The van der Waals surface area contributed by atoms with Crippen LogP contribution in [-0.4, -0.2) is 20.7 Å². The predicted molar refractivity (Wildman–Crippen MR) is 81.9 cm³/mol. The fourth-order valence-corrected chi connectivity index (χ4v) is 3.69. The Morgan fingerprint density at radius 3 is 2.77 bits per heavy atom. The minimum atomic E-state index is -0.219. The quantitative estimate of drug-likeness (QED) is 0.891. The van der Waals surface area contributed by atoms with Gasteiger partial charge in [-0.3, -0.25) is 24.4 Å². The number of fused-ring (bicyclic) bond motifs is 1. The van der Waals surface area contributed by atoms with Gasteiger partial charge in [0.25, 0.3) is 5.56 Å². The van der Waals surface area contributed by atoms with Gasteiger partial charge in [0.05, 0.1) is 11.6 Å². The number of hydrogen-bond donors (Lipinski definition) is 2. The Bertz CT molecular complexity index is 756. The zero-order valence-electron chi connectivity index (χ0n) is 12.2. The van der Waals surface area contributed by atoms with E-state index in [0.717, 1.165) is 18.4 Å². The van der Waals surface area contributed by atoms with E-state index in [1.807, 2.05) is 16.8 Å². The first kappa shape index (κ1) is 13.3. The summed E-state index contributed by atoms with van der Waals surface area (Å²) in [7, 11) is 0. The van der Waals surface area contributed by atoms with Crippen LogP contribution in [0.4, 0.5) is 5.82 Å². The lowest BCUT2D eigenvalue weighted by molar-refractivity contribution is -0.116. The van der Waals surface area contributed by atoms with Crippen LogP contribution >= 0.6 is 0 Å². The number of aromatic nitrogens is 3. The van der Waals surface area contributed by atoms with E-state index in [0.29, 0.717) is 11.4 Å². The van der Waals surface area contributed by atoms with E-state index < -0.39 is 0 Å². The average molecular weight is 298 g/mol. The Balaban J connectivity index is 1.84. The summed E-state index contributed by atoms with van der Waals surface area (Å²) in [5.74, 6) is 0.387. The van der Waals surface area contributed by atoms with Crippen LogP contribution in [0.3, 0.4) is 0 Å². The summed E-state index contributed by atoms with van der Waals surface area (Å²) in [4.78, 5) is 28.7. The predicted octanol–water partition coefficient (Wildman–Crippen LogP) is 2.16. The van der Waals surface area contributed by atoms with Gasteiger partial charge < -0.3 is 5.32 Å². The van der Waals surface area contributed by atoms with Gasteiger partial charge in [0.15, 0.2) is 0 Å². The fourth-order valence-electron chi connectivity index (χ4n) is 3.69. The van der Waals surface area contributed by atoms with Gasteiger partial charge in [-0.2, -0.15) is 0 Å². The van der Waals surface area contributed by atoms with Crippen molar-refractivity contribution >= 4 is 11.7 Å². The normalized spacial score (nSPS) is 21.6. The van der Waals surface area contributed by atoms with Crippen molar-refractivity contribution in [2.45, 2.75) is 44.1 Å². The minimum absolute atomic E-state index is 0.0490. The number of rotatable bonds is 2. The van der Waals surface area contributed by atoms with E-state index in [-0.39, 0.29) is 29.8 Å². The zero-order valence-corrected chi connectivity index (χ0v) is 12.2. The summed E-state index contributed by atoms with van der Waals surface area (Å²) in [6.45, 7) is 0. The molecule has 1 saturated carbocycles. The molecule has 0 bridgehead atoms. The van der Waals surface area contributed by atoms with Crippen molar-refractivity contribution in [1.29, 1.82) is 0 Å². The van der Waals surface area contributed by atoms with Gasteiger partial charge >= 0.3 is 0 Å². The number of nitrogens with zero attached hydrogens (tertiary/aromatic N) is 2. The van der Waals surface area contributed by atoms with Crippen LogP contribution in [0.2, 0.25) is 0 Å². The topological polar surface area (TPSA) is 79.8 Å². The number of nitrogens with one attached hydrogen (secondary N) is 2. The number of pyridine rings is 1. The van der Waals surface area contributed by atoms with Gasteiger partial charge in [-0.15, -0.1) is 0 Å². The summed E-state index contributed by atoms with van der Waals surface area (Å²) in [6.07, 6.45) is 8.14. The van der Waals surface area contributed by atoms with Gasteiger partial charge in [0, 0.05) is 24.7 Å². The monoisotopic (exact) mass is 298 g/mol. The van der Waals surface area contributed by atoms with E-state index in [4.69, 9.17) is 0 Å². The summed E-state index contributed by atoms with van der Waals surface area (Å²) in [6, 6.07) is 4.04. The minimum Gasteiger partial charge on any atom is -0.311 e. The second kappa shape index (κ2) is 5.12. The third-order valence-electron chi connectivity index (χ3n) is 4.74. The zero-order chi connectivity index (χ0) is 15.1. The van der Waals surface area contributed by atoms with E-state index >= 15 is 0 Å². The first-order chi connectivity index (χ1) is 10.7. The molecular weight excluding hydrogens is 280 g/mol. The maximum Gasteiger partial charge on any atom is 0.270 e. The molecule has 6 heteroatoms. The average Bonchev–Trinajstić information content (AvgIpc) is 3.16. The standard InChI is InChI=1S/C16H18N4O2/c21-13-8-12(10-4-3-7-17-9-10)14-15(18-13)20(19-16(14)22)11-5-1-2-6-11/h3-4,7,9,11-12H,1-2,5-6,8H2,(H,18,21)(H,19,22). The largest absolute Gasteiger partial charge is 0.311 e. The van der Waals surface area contributed by atoms with Crippen molar-refractivity contribution < 1.29 is 4.79 Å². The molecule has 2 aromatic heterocycles. The Morgan fingerprint density at radius 1 is 1.23 bits per heavy atom. The molecule has 2 aromatic rings. The molecule has 0 saturated heterocycles. The summed E-state index contributed by atoms with van der Waals surface area (Å²) in [5, 5.41) is 5.84. The first-order valence-electron chi connectivity index (χ1n) is 7.78. The maximum atomic E-state index is 12.5. The molecule has 4 rings (SSSR count). The second-order valence-corrected chi connectivity index (χ2v) is 6.10. The first-order valence-corrected chi connectivity index (χ1v) is 7.78. The number of hydrogen-bond acceptors (Lipinski definition) is 3. The lowest BCUT2D eigenvalue weighted by Crippen LogP contribution is -2.27. The van der Waals surface area contributed by atoms with Crippen molar-refractivity contribution in [2.75, 3.05) is 5.32 Å². The van der Waals surface area contributed by atoms with E-state index in [2.05, 4.69) is 15.4 Å².